The fourth-order valence-electron chi connectivity index (χ4n) is 1.71. The van der Waals surface area contributed by atoms with Crippen molar-refractivity contribution in [3.05, 3.63) is 64.7 Å². The van der Waals surface area contributed by atoms with Gasteiger partial charge in [0, 0.05) is 5.02 Å². The molecule has 0 radical (unpaired) electrons. The second-order valence-electron chi connectivity index (χ2n) is 4.65. The van der Waals surface area contributed by atoms with Crippen LogP contribution in [0.4, 0.5) is 0 Å². The molecule has 7 heteroatoms. The number of nitrogens with one attached hydrogen (secondary N) is 1. The number of carbonyl (C=O) groups excluding carboxylic acids is 2. The van der Waals surface area contributed by atoms with Gasteiger partial charge in [-0.3, -0.25) is 4.79 Å². The van der Waals surface area contributed by atoms with Gasteiger partial charge in [-0.25, -0.2) is 10.2 Å². The van der Waals surface area contributed by atoms with Crippen LogP contribution in [0.25, 0.3) is 0 Å². The van der Waals surface area contributed by atoms with E-state index in [2.05, 4.69) is 15.3 Å². The third-order valence-corrected chi connectivity index (χ3v) is 3.17. The zero-order chi connectivity index (χ0) is 17.4. The summed E-state index contributed by atoms with van der Waals surface area (Å²) in [5.74, 6) is -0.268. The van der Waals surface area contributed by atoms with Crippen LogP contribution in [0.15, 0.2) is 53.6 Å². The van der Waals surface area contributed by atoms with E-state index in [1.165, 1.54) is 13.3 Å². The van der Waals surface area contributed by atoms with Crippen molar-refractivity contribution >= 4 is 29.7 Å². The quantitative estimate of drug-likeness (QED) is 0.495. The van der Waals surface area contributed by atoms with Gasteiger partial charge in [0.15, 0.2) is 6.61 Å². The Bertz CT molecular complexity index is 727. The summed E-state index contributed by atoms with van der Waals surface area (Å²) in [6.45, 7) is -0.166. The Hall–Kier alpha value is -2.86. The fourth-order valence-corrected chi connectivity index (χ4v) is 1.84. The molecule has 0 unspecified atom stereocenters. The number of nitrogens with zero attached hydrogens (tertiary/aromatic N) is 1. The lowest BCUT2D eigenvalue weighted by Crippen LogP contribution is -2.24. The molecule has 0 saturated carbocycles. The highest BCUT2D eigenvalue weighted by Gasteiger charge is 2.04. The maximum Gasteiger partial charge on any atom is 0.337 e. The molecule has 0 aliphatic rings. The van der Waals surface area contributed by atoms with Gasteiger partial charge in [-0.1, -0.05) is 23.7 Å². The number of rotatable bonds is 6. The van der Waals surface area contributed by atoms with Crippen LogP contribution >= 0.6 is 11.6 Å². The number of hydrazone groups is 1. The highest BCUT2D eigenvalue weighted by atomic mass is 35.5. The first-order valence-electron chi connectivity index (χ1n) is 6.97. The zero-order valence-corrected chi connectivity index (χ0v) is 13.6. The third-order valence-electron chi connectivity index (χ3n) is 2.92. The molecule has 0 atom stereocenters. The fraction of sp³-hybridized carbons (Fsp3) is 0.118. The summed E-state index contributed by atoms with van der Waals surface area (Å²) in [7, 11) is 1.32. The van der Waals surface area contributed by atoms with E-state index in [0.717, 1.165) is 5.56 Å². The molecule has 0 aliphatic carbocycles. The van der Waals surface area contributed by atoms with Crippen molar-refractivity contribution in [2.24, 2.45) is 5.10 Å². The van der Waals surface area contributed by atoms with Gasteiger partial charge in [0.25, 0.3) is 5.91 Å². The maximum absolute atomic E-state index is 11.6. The van der Waals surface area contributed by atoms with Crippen LogP contribution < -0.4 is 10.2 Å². The van der Waals surface area contributed by atoms with Crippen molar-refractivity contribution in [2.45, 2.75) is 0 Å². The topological polar surface area (TPSA) is 77.0 Å². The van der Waals surface area contributed by atoms with Gasteiger partial charge in [0.1, 0.15) is 5.75 Å². The van der Waals surface area contributed by atoms with Crippen LogP contribution in [0.1, 0.15) is 15.9 Å². The molecule has 1 N–H and O–H groups in total. The number of amides is 1. The molecule has 0 spiro atoms. The monoisotopic (exact) mass is 346 g/mol. The second kappa shape index (κ2) is 8.69. The standard InChI is InChI=1S/C17H15ClN2O4/c1-23-17(22)13-4-2-12(3-5-13)10-19-20-16(21)11-24-15-8-6-14(18)7-9-15/h2-10H,11H2,1H3,(H,20,21)/b19-10+. The second-order valence-corrected chi connectivity index (χ2v) is 5.09. The summed E-state index contributed by atoms with van der Waals surface area (Å²) in [5.41, 5.74) is 3.51. The van der Waals surface area contributed by atoms with Gasteiger partial charge in [-0.05, 0) is 42.0 Å². The minimum atomic E-state index is -0.411. The van der Waals surface area contributed by atoms with Crippen LogP contribution in [0.2, 0.25) is 5.02 Å². The summed E-state index contributed by atoms with van der Waals surface area (Å²) in [6.07, 6.45) is 1.46. The minimum Gasteiger partial charge on any atom is -0.484 e. The van der Waals surface area contributed by atoms with E-state index >= 15 is 0 Å². The Labute approximate surface area is 144 Å². The van der Waals surface area contributed by atoms with Crippen molar-refractivity contribution in [3.8, 4) is 5.75 Å². The lowest BCUT2D eigenvalue weighted by Gasteiger charge is -2.04. The first-order chi connectivity index (χ1) is 11.6. The Balaban J connectivity index is 1.79. The predicted molar refractivity (Wildman–Crippen MR) is 90.5 cm³/mol. The van der Waals surface area contributed by atoms with E-state index in [-0.39, 0.29) is 6.61 Å². The molecule has 2 aromatic rings. The number of benzene rings is 2. The van der Waals surface area contributed by atoms with E-state index in [9.17, 15) is 9.59 Å². The summed E-state index contributed by atoms with van der Waals surface area (Å²) in [4.78, 5) is 22.9. The van der Waals surface area contributed by atoms with Crippen LogP contribution in [-0.2, 0) is 9.53 Å². The van der Waals surface area contributed by atoms with Crippen LogP contribution in [0, 0.1) is 0 Å². The number of ether oxygens (including phenoxy) is 2. The first-order valence-corrected chi connectivity index (χ1v) is 7.35. The summed E-state index contributed by atoms with van der Waals surface area (Å²) in [6, 6.07) is 13.3. The Morgan fingerprint density at radius 2 is 1.79 bits per heavy atom. The molecule has 0 aliphatic heterocycles. The normalized spacial score (nSPS) is 10.4. The van der Waals surface area contributed by atoms with Gasteiger partial charge in [0.2, 0.25) is 0 Å². The number of esters is 1. The predicted octanol–water partition coefficient (Wildman–Crippen LogP) is 2.66. The molecule has 0 aromatic heterocycles. The number of hydrogen-bond acceptors (Lipinski definition) is 5. The molecule has 24 heavy (non-hydrogen) atoms. The largest absolute Gasteiger partial charge is 0.484 e. The molecule has 6 nitrogen and oxygen atoms in total. The van der Waals surface area contributed by atoms with Crippen molar-refractivity contribution in [1.29, 1.82) is 0 Å². The Kier molecular flexibility index (Phi) is 6.33. The van der Waals surface area contributed by atoms with Crippen LogP contribution in [-0.4, -0.2) is 31.8 Å². The van der Waals surface area contributed by atoms with Crippen molar-refractivity contribution in [3.63, 3.8) is 0 Å². The number of halogens is 1. The van der Waals surface area contributed by atoms with Gasteiger partial charge in [0.05, 0.1) is 18.9 Å². The number of hydrogen-bond donors (Lipinski definition) is 1. The first kappa shape index (κ1) is 17.5. The van der Waals surface area contributed by atoms with Gasteiger partial charge >= 0.3 is 5.97 Å². The van der Waals surface area contributed by atoms with Crippen molar-refractivity contribution in [2.75, 3.05) is 13.7 Å². The molecule has 2 rings (SSSR count). The molecule has 0 saturated heterocycles. The molecule has 0 bridgehead atoms. The summed E-state index contributed by atoms with van der Waals surface area (Å²) >= 11 is 5.76. The molecule has 0 fully saturated rings. The molecule has 2 aromatic carbocycles. The van der Waals surface area contributed by atoms with E-state index in [4.69, 9.17) is 16.3 Å². The maximum atomic E-state index is 11.6. The molecule has 124 valence electrons. The number of methoxy groups -OCH3 is 1. The average Bonchev–Trinajstić information content (AvgIpc) is 2.61. The van der Waals surface area contributed by atoms with Crippen molar-refractivity contribution < 1.29 is 19.1 Å². The van der Waals surface area contributed by atoms with Gasteiger partial charge in [-0.15, -0.1) is 0 Å². The SMILES string of the molecule is COC(=O)c1ccc(/C=N/NC(=O)COc2ccc(Cl)cc2)cc1. The zero-order valence-electron chi connectivity index (χ0n) is 12.9. The lowest BCUT2D eigenvalue weighted by atomic mass is 10.1. The third kappa shape index (κ3) is 5.40. The van der Waals surface area contributed by atoms with Gasteiger partial charge < -0.3 is 9.47 Å². The summed E-state index contributed by atoms with van der Waals surface area (Å²) < 4.78 is 9.89. The Morgan fingerprint density at radius 3 is 2.42 bits per heavy atom. The van der Waals surface area contributed by atoms with E-state index in [0.29, 0.717) is 16.3 Å². The van der Waals surface area contributed by atoms with Crippen LogP contribution in [0.3, 0.4) is 0 Å². The highest BCUT2D eigenvalue weighted by Crippen LogP contribution is 2.15. The lowest BCUT2D eigenvalue weighted by molar-refractivity contribution is -0.123. The average molecular weight is 347 g/mol. The van der Waals surface area contributed by atoms with Gasteiger partial charge in [-0.2, -0.15) is 5.10 Å². The molecule has 1 amide bonds. The van der Waals surface area contributed by atoms with E-state index in [1.807, 2.05) is 0 Å². The highest BCUT2D eigenvalue weighted by molar-refractivity contribution is 6.30. The van der Waals surface area contributed by atoms with Crippen molar-refractivity contribution in [1.82, 2.24) is 5.43 Å². The van der Waals surface area contributed by atoms with E-state index < -0.39 is 11.9 Å². The molecular formula is C17H15ClN2O4. The smallest absolute Gasteiger partial charge is 0.337 e. The van der Waals surface area contributed by atoms with E-state index in [1.54, 1.807) is 48.5 Å². The van der Waals surface area contributed by atoms with Crippen LogP contribution in [0.5, 0.6) is 5.75 Å². The molecular weight excluding hydrogens is 332 g/mol. The minimum absolute atomic E-state index is 0.166. The molecule has 0 heterocycles. The summed E-state index contributed by atoms with van der Waals surface area (Å²) in [5, 5.41) is 4.41. The Morgan fingerprint density at radius 1 is 1.12 bits per heavy atom. The number of carbonyl (C=O) groups is 2.